The molecule has 3 aromatic rings. The molecule has 0 bridgehead atoms. The molecule has 1 atom stereocenters. The van der Waals surface area contributed by atoms with Gasteiger partial charge in [-0.2, -0.15) is 0 Å². The summed E-state index contributed by atoms with van der Waals surface area (Å²) >= 11 is 18.0. The zero-order chi connectivity index (χ0) is 21.7. The molecule has 0 radical (unpaired) electrons. The molecule has 1 N–H and O–H groups in total. The van der Waals surface area contributed by atoms with Gasteiger partial charge in [0, 0.05) is 28.4 Å². The van der Waals surface area contributed by atoms with E-state index in [2.05, 4.69) is 23.3 Å². The fraction of sp³-hybridized carbons (Fsp3) is 0.167. The van der Waals surface area contributed by atoms with E-state index in [1.165, 1.54) is 0 Å². The summed E-state index contributed by atoms with van der Waals surface area (Å²) in [6.45, 7) is 4.40. The molecule has 2 aromatic carbocycles. The number of carbonyl (C=O) groups is 1. The van der Waals surface area contributed by atoms with Crippen LogP contribution in [-0.4, -0.2) is 10.9 Å². The Balaban J connectivity index is 1.66. The van der Waals surface area contributed by atoms with Gasteiger partial charge in [0.2, 0.25) is 0 Å². The van der Waals surface area contributed by atoms with E-state index in [1.807, 2.05) is 49.4 Å². The van der Waals surface area contributed by atoms with E-state index in [0.29, 0.717) is 27.3 Å². The number of aryl methyl sites for hydroxylation is 1. The number of pyridine rings is 1. The number of nitrogens with zero attached hydrogens (tertiary/aromatic N) is 1. The zero-order valence-corrected chi connectivity index (χ0v) is 18.9. The van der Waals surface area contributed by atoms with E-state index in [9.17, 15) is 4.79 Å². The SMILES string of the molecule is Cc1cc(/C=C\C(C)c2cc(Cl)cc(Cl)c2)ccc1C(=O)NCc1ccc(Cl)nc1. The maximum absolute atomic E-state index is 12.5. The second-order valence-electron chi connectivity index (χ2n) is 7.10. The second kappa shape index (κ2) is 10.1. The minimum Gasteiger partial charge on any atom is -0.348 e. The van der Waals surface area contributed by atoms with Crippen LogP contribution in [-0.2, 0) is 6.54 Å². The van der Waals surface area contributed by atoms with Crippen molar-refractivity contribution in [2.75, 3.05) is 0 Å². The summed E-state index contributed by atoms with van der Waals surface area (Å²) in [5.74, 6) is 0.0254. The molecule has 154 valence electrons. The van der Waals surface area contributed by atoms with Gasteiger partial charge in [-0.05, 0) is 65.4 Å². The molecule has 3 nitrogen and oxygen atoms in total. The van der Waals surface area contributed by atoms with Crippen LogP contribution in [0.1, 0.15) is 45.5 Å². The van der Waals surface area contributed by atoms with Gasteiger partial charge in [-0.3, -0.25) is 4.79 Å². The number of benzene rings is 2. The van der Waals surface area contributed by atoms with Crippen LogP contribution in [0.15, 0.2) is 60.8 Å². The Kier molecular flexibility index (Phi) is 7.54. The number of aromatic nitrogens is 1. The van der Waals surface area contributed by atoms with E-state index in [0.717, 1.165) is 22.3 Å². The van der Waals surface area contributed by atoms with Gasteiger partial charge in [0.25, 0.3) is 5.91 Å². The zero-order valence-electron chi connectivity index (χ0n) is 16.6. The van der Waals surface area contributed by atoms with Crippen LogP contribution in [0, 0.1) is 6.92 Å². The highest BCUT2D eigenvalue weighted by Gasteiger charge is 2.10. The van der Waals surface area contributed by atoms with Crippen LogP contribution in [0.25, 0.3) is 6.08 Å². The van der Waals surface area contributed by atoms with Crippen LogP contribution in [0.5, 0.6) is 0 Å². The first kappa shape index (κ1) is 22.4. The van der Waals surface area contributed by atoms with Crippen molar-refractivity contribution >= 4 is 46.8 Å². The molecular formula is C24H21Cl3N2O. The molecule has 6 heteroatoms. The Morgan fingerprint density at radius 3 is 2.43 bits per heavy atom. The summed E-state index contributed by atoms with van der Waals surface area (Å²) < 4.78 is 0. The molecular weight excluding hydrogens is 439 g/mol. The maximum Gasteiger partial charge on any atom is 0.251 e. The summed E-state index contributed by atoms with van der Waals surface area (Å²) in [5.41, 5.74) is 4.50. The lowest BCUT2D eigenvalue weighted by Gasteiger charge is -2.10. The van der Waals surface area contributed by atoms with Crippen LogP contribution < -0.4 is 5.32 Å². The highest BCUT2D eigenvalue weighted by atomic mass is 35.5. The highest BCUT2D eigenvalue weighted by molar-refractivity contribution is 6.34. The van der Waals surface area contributed by atoms with Crippen molar-refractivity contribution in [2.24, 2.45) is 0 Å². The topological polar surface area (TPSA) is 42.0 Å². The van der Waals surface area contributed by atoms with Crippen LogP contribution >= 0.6 is 34.8 Å². The Labute approximate surface area is 191 Å². The first-order valence-electron chi connectivity index (χ1n) is 9.45. The van der Waals surface area contributed by atoms with Crippen molar-refractivity contribution < 1.29 is 4.79 Å². The summed E-state index contributed by atoms with van der Waals surface area (Å²) in [7, 11) is 0. The average Bonchev–Trinajstić information content (AvgIpc) is 2.70. The third-order valence-corrected chi connectivity index (χ3v) is 5.38. The Hall–Kier alpha value is -2.33. The first-order valence-corrected chi connectivity index (χ1v) is 10.6. The molecule has 0 aliphatic rings. The molecule has 1 heterocycles. The minimum atomic E-state index is -0.125. The summed E-state index contributed by atoms with van der Waals surface area (Å²) in [4.78, 5) is 16.5. The quantitative estimate of drug-likeness (QED) is 0.399. The summed E-state index contributed by atoms with van der Waals surface area (Å²) in [5, 5.41) is 4.59. The average molecular weight is 460 g/mol. The second-order valence-corrected chi connectivity index (χ2v) is 8.36. The largest absolute Gasteiger partial charge is 0.348 e. The molecule has 0 aliphatic carbocycles. The van der Waals surface area contributed by atoms with Crippen molar-refractivity contribution in [3.8, 4) is 0 Å². The smallest absolute Gasteiger partial charge is 0.251 e. The number of halogens is 3. The van der Waals surface area contributed by atoms with E-state index in [1.54, 1.807) is 18.3 Å². The monoisotopic (exact) mass is 458 g/mol. The van der Waals surface area contributed by atoms with Gasteiger partial charge in [-0.25, -0.2) is 4.98 Å². The molecule has 1 unspecified atom stereocenters. The lowest BCUT2D eigenvalue weighted by Crippen LogP contribution is -2.23. The number of amides is 1. The van der Waals surface area contributed by atoms with E-state index in [4.69, 9.17) is 34.8 Å². The Bertz CT molecular complexity index is 1060. The third-order valence-electron chi connectivity index (χ3n) is 4.72. The van der Waals surface area contributed by atoms with Crippen LogP contribution in [0.2, 0.25) is 15.2 Å². The van der Waals surface area contributed by atoms with Crippen molar-refractivity contribution in [3.63, 3.8) is 0 Å². The van der Waals surface area contributed by atoms with Crippen LogP contribution in [0.4, 0.5) is 0 Å². The lowest BCUT2D eigenvalue weighted by molar-refractivity contribution is 0.0950. The van der Waals surface area contributed by atoms with Gasteiger partial charge in [-0.15, -0.1) is 0 Å². The summed E-state index contributed by atoms with van der Waals surface area (Å²) in [6.07, 6.45) is 5.77. The van der Waals surface area contributed by atoms with E-state index in [-0.39, 0.29) is 11.8 Å². The minimum absolute atomic E-state index is 0.125. The first-order chi connectivity index (χ1) is 14.3. The van der Waals surface area contributed by atoms with Gasteiger partial charge < -0.3 is 5.32 Å². The molecule has 0 saturated carbocycles. The van der Waals surface area contributed by atoms with Crippen molar-refractivity contribution in [1.29, 1.82) is 0 Å². The highest BCUT2D eigenvalue weighted by Crippen LogP contribution is 2.26. The fourth-order valence-electron chi connectivity index (χ4n) is 3.04. The number of allylic oxidation sites excluding steroid dienone is 1. The standard InChI is InChI=1S/C24H21Cl3N2O/c1-15(19-10-20(25)12-21(26)11-19)3-4-17-5-7-22(16(2)9-17)24(30)29-14-18-6-8-23(27)28-13-18/h3-13,15H,14H2,1-2H3,(H,29,30)/b4-3-. The predicted molar refractivity (Wildman–Crippen MR) is 126 cm³/mol. The van der Waals surface area contributed by atoms with Gasteiger partial charge in [0.05, 0.1) is 0 Å². The Morgan fingerprint density at radius 1 is 1.07 bits per heavy atom. The number of nitrogens with one attached hydrogen (secondary N) is 1. The van der Waals surface area contributed by atoms with Gasteiger partial charge in [0.15, 0.2) is 0 Å². The van der Waals surface area contributed by atoms with Crippen LogP contribution in [0.3, 0.4) is 0 Å². The summed E-state index contributed by atoms with van der Waals surface area (Å²) in [6, 6.07) is 14.9. The normalized spacial score (nSPS) is 12.2. The number of rotatable bonds is 6. The van der Waals surface area contributed by atoms with E-state index >= 15 is 0 Å². The molecule has 0 fully saturated rings. The molecule has 1 amide bonds. The number of carbonyl (C=O) groups excluding carboxylic acids is 1. The molecule has 0 aliphatic heterocycles. The van der Waals surface area contributed by atoms with Crippen molar-refractivity contribution in [2.45, 2.75) is 26.3 Å². The molecule has 3 rings (SSSR count). The predicted octanol–water partition coefficient (Wildman–Crippen LogP) is 7.10. The van der Waals surface area contributed by atoms with Gasteiger partial charge >= 0.3 is 0 Å². The molecule has 30 heavy (non-hydrogen) atoms. The lowest BCUT2D eigenvalue weighted by atomic mass is 9.98. The third kappa shape index (κ3) is 6.09. The van der Waals surface area contributed by atoms with E-state index < -0.39 is 0 Å². The van der Waals surface area contributed by atoms with Gasteiger partial charge in [0.1, 0.15) is 5.15 Å². The van der Waals surface area contributed by atoms with Crippen molar-refractivity contribution in [3.05, 3.63) is 104 Å². The Morgan fingerprint density at radius 2 is 1.80 bits per heavy atom. The fourth-order valence-corrected chi connectivity index (χ4v) is 3.69. The van der Waals surface area contributed by atoms with Crippen molar-refractivity contribution in [1.82, 2.24) is 10.3 Å². The number of hydrogen-bond acceptors (Lipinski definition) is 2. The molecule has 1 aromatic heterocycles. The van der Waals surface area contributed by atoms with Gasteiger partial charge in [-0.1, -0.05) is 72.1 Å². The maximum atomic E-state index is 12.5. The molecule has 0 spiro atoms. The molecule has 0 saturated heterocycles. The number of hydrogen-bond donors (Lipinski definition) is 1.